The van der Waals surface area contributed by atoms with E-state index >= 15 is 0 Å². The molecule has 0 radical (unpaired) electrons. The van der Waals surface area contributed by atoms with E-state index in [-0.39, 0.29) is 17.5 Å². The van der Waals surface area contributed by atoms with Crippen molar-refractivity contribution in [3.8, 4) is 16.3 Å². The molecule has 2 rings (SSSR count). The fourth-order valence-electron chi connectivity index (χ4n) is 1.75. The fraction of sp³-hybridized carbons (Fsp3) is 0.286. The molecule has 5 nitrogen and oxygen atoms in total. The quantitative estimate of drug-likeness (QED) is 0.908. The molecule has 0 bridgehead atoms. The van der Waals surface area contributed by atoms with E-state index < -0.39 is 0 Å². The van der Waals surface area contributed by atoms with Gasteiger partial charge in [-0.1, -0.05) is 0 Å². The summed E-state index contributed by atoms with van der Waals surface area (Å²) in [5, 5.41) is 2.84. The fourth-order valence-corrected chi connectivity index (χ4v) is 2.68. The monoisotopic (exact) mass is 292 g/mol. The number of hydrogen-bond acceptors (Lipinski definition) is 4. The molecule has 6 heteroatoms. The van der Waals surface area contributed by atoms with Crippen LogP contribution in [0.1, 0.15) is 23.5 Å². The Labute approximate surface area is 120 Å². The Kier molecular flexibility index (Phi) is 4.24. The summed E-state index contributed by atoms with van der Waals surface area (Å²) in [6.07, 6.45) is 0. The maximum absolute atomic E-state index is 11.9. The third-order valence-electron chi connectivity index (χ3n) is 2.60. The van der Waals surface area contributed by atoms with Gasteiger partial charge in [-0.25, -0.2) is 0 Å². The Bertz CT molecular complexity index is 673. The third kappa shape index (κ3) is 3.08. The van der Waals surface area contributed by atoms with Crippen LogP contribution < -0.4 is 15.6 Å². The number of methoxy groups -OCH3 is 1. The molecule has 0 aliphatic carbocycles. The summed E-state index contributed by atoms with van der Waals surface area (Å²) in [5.74, 6) is 0.301. The van der Waals surface area contributed by atoms with Crippen LogP contribution in [-0.2, 0) is 0 Å². The molecule has 0 aliphatic heterocycles. The largest absolute Gasteiger partial charge is 0.482 e. The number of nitrogens with one attached hydrogen (secondary N) is 2. The van der Waals surface area contributed by atoms with Gasteiger partial charge >= 0.3 is 0 Å². The average molecular weight is 292 g/mol. The van der Waals surface area contributed by atoms with Gasteiger partial charge in [-0.05, 0) is 32.0 Å². The lowest BCUT2D eigenvalue weighted by atomic mass is 10.2. The Morgan fingerprint density at radius 1 is 1.30 bits per heavy atom. The summed E-state index contributed by atoms with van der Waals surface area (Å²) in [6, 6.07) is 6.83. The van der Waals surface area contributed by atoms with E-state index in [1.54, 1.807) is 12.1 Å². The highest BCUT2D eigenvalue weighted by atomic mass is 32.1. The van der Waals surface area contributed by atoms with Crippen molar-refractivity contribution in [3.63, 3.8) is 0 Å². The maximum Gasteiger partial charge on any atom is 0.261 e. The van der Waals surface area contributed by atoms with Crippen LogP contribution in [-0.4, -0.2) is 24.0 Å². The number of amides is 1. The molecule has 0 spiro atoms. The van der Waals surface area contributed by atoms with E-state index in [1.165, 1.54) is 24.5 Å². The highest BCUT2D eigenvalue weighted by Crippen LogP contribution is 2.32. The van der Waals surface area contributed by atoms with Gasteiger partial charge in [-0.3, -0.25) is 14.6 Å². The predicted octanol–water partition coefficient (Wildman–Crippen LogP) is 2.25. The first-order valence-electron chi connectivity index (χ1n) is 6.19. The number of carbonyl (C=O) groups is 1. The highest BCUT2D eigenvalue weighted by Gasteiger charge is 2.14. The number of H-pyrrole nitrogens is 1. The Hall–Kier alpha value is -2.08. The molecule has 2 heterocycles. The zero-order valence-electron chi connectivity index (χ0n) is 11.5. The van der Waals surface area contributed by atoms with Gasteiger partial charge in [0.2, 0.25) is 5.88 Å². The van der Waals surface area contributed by atoms with Gasteiger partial charge in [0.1, 0.15) is 0 Å². The number of rotatable bonds is 4. The number of pyridine rings is 1. The summed E-state index contributed by atoms with van der Waals surface area (Å²) >= 11 is 1.36. The van der Waals surface area contributed by atoms with Crippen LogP contribution in [0.2, 0.25) is 0 Å². The number of carbonyl (C=O) groups excluding carboxylic acids is 1. The van der Waals surface area contributed by atoms with Crippen LogP contribution in [0.15, 0.2) is 29.1 Å². The molecular formula is C14H16N2O3S. The molecule has 2 aromatic rings. The highest BCUT2D eigenvalue weighted by molar-refractivity contribution is 7.17. The van der Waals surface area contributed by atoms with Crippen molar-refractivity contribution in [2.24, 2.45) is 0 Å². The molecule has 2 N–H and O–H groups in total. The molecule has 0 unspecified atom stereocenters. The molecule has 0 saturated heterocycles. The molecular weight excluding hydrogens is 276 g/mol. The number of hydrogen-bond donors (Lipinski definition) is 2. The van der Waals surface area contributed by atoms with Gasteiger partial charge < -0.3 is 10.1 Å². The van der Waals surface area contributed by atoms with E-state index in [1.807, 2.05) is 19.9 Å². The molecule has 0 aliphatic rings. The van der Waals surface area contributed by atoms with Crippen molar-refractivity contribution < 1.29 is 9.53 Å². The van der Waals surface area contributed by atoms with Gasteiger partial charge in [-0.15, -0.1) is 11.3 Å². The lowest BCUT2D eigenvalue weighted by molar-refractivity contribution is 0.0947. The summed E-state index contributed by atoms with van der Waals surface area (Å²) in [6.45, 7) is 3.83. The Morgan fingerprint density at radius 3 is 2.70 bits per heavy atom. The standard InChI is InChI=1S/C14H16N2O3S/c1-8(2)15-13(18)11-6-5-10(20-11)9-4-7-12(17)16-14(9)19-3/h4-8H,1-3H3,(H,15,18)(H,16,17). The van der Waals surface area contributed by atoms with Crippen LogP contribution in [0.5, 0.6) is 5.88 Å². The second-order valence-corrected chi connectivity index (χ2v) is 5.65. The van der Waals surface area contributed by atoms with Gasteiger partial charge in [0, 0.05) is 17.0 Å². The molecule has 106 valence electrons. The molecule has 0 fully saturated rings. The zero-order chi connectivity index (χ0) is 14.7. The molecule has 1 amide bonds. The minimum atomic E-state index is -0.222. The van der Waals surface area contributed by atoms with E-state index in [9.17, 15) is 9.59 Å². The van der Waals surface area contributed by atoms with Crippen molar-refractivity contribution in [1.29, 1.82) is 0 Å². The minimum Gasteiger partial charge on any atom is -0.482 e. The average Bonchev–Trinajstić information content (AvgIpc) is 2.87. The summed E-state index contributed by atoms with van der Waals surface area (Å²) < 4.78 is 5.17. The second-order valence-electron chi connectivity index (χ2n) is 4.56. The van der Waals surface area contributed by atoms with E-state index in [2.05, 4.69) is 10.3 Å². The van der Waals surface area contributed by atoms with Gasteiger partial charge in [0.15, 0.2) is 0 Å². The van der Waals surface area contributed by atoms with Crippen LogP contribution >= 0.6 is 11.3 Å². The predicted molar refractivity (Wildman–Crippen MR) is 79.5 cm³/mol. The Morgan fingerprint density at radius 2 is 2.05 bits per heavy atom. The SMILES string of the molecule is COc1[nH]c(=O)ccc1-c1ccc(C(=O)NC(C)C)s1. The number of thiophene rings is 1. The molecule has 0 atom stereocenters. The lowest BCUT2D eigenvalue weighted by Crippen LogP contribution is -2.29. The van der Waals surface area contributed by atoms with E-state index in [4.69, 9.17) is 4.74 Å². The molecule has 20 heavy (non-hydrogen) atoms. The lowest BCUT2D eigenvalue weighted by Gasteiger charge is -2.06. The first-order valence-corrected chi connectivity index (χ1v) is 7.01. The minimum absolute atomic E-state index is 0.0932. The van der Waals surface area contributed by atoms with Crippen molar-refractivity contribution >= 4 is 17.2 Å². The molecule has 0 aromatic carbocycles. The van der Waals surface area contributed by atoms with E-state index in [0.29, 0.717) is 10.8 Å². The smallest absolute Gasteiger partial charge is 0.261 e. The van der Waals surface area contributed by atoms with Crippen LogP contribution in [0, 0.1) is 0 Å². The second kappa shape index (κ2) is 5.92. The van der Waals surface area contributed by atoms with Gasteiger partial charge in [0.25, 0.3) is 11.5 Å². The Balaban J connectivity index is 2.34. The van der Waals surface area contributed by atoms with Crippen molar-refractivity contribution in [3.05, 3.63) is 39.5 Å². The van der Waals surface area contributed by atoms with Gasteiger partial charge in [0.05, 0.1) is 17.6 Å². The third-order valence-corrected chi connectivity index (χ3v) is 3.72. The van der Waals surface area contributed by atoms with Crippen molar-refractivity contribution in [2.75, 3.05) is 7.11 Å². The van der Waals surface area contributed by atoms with Crippen LogP contribution in [0.4, 0.5) is 0 Å². The van der Waals surface area contributed by atoms with Crippen LogP contribution in [0.3, 0.4) is 0 Å². The molecule has 2 aromatic heterocycles. The summed E-state index contributed by atoms with van der Waals surface area (Å²) in [4.78, 5) is 27.3. The topological polar surface area (TPSA) is 71.2 Å². The van der Waals surface area contributed by atoms with Gasteiger partial charge in [-0.2, -0.15) is 0 Å². The first-order chi connectivity index (χ1) is 9.51. The van der Waals surface area contributed by atoms with Crippen molar-refractivity contribution in [1.82, 2.24) is 10.3 Å². The summed E-state index contributed by atoms with van der Waals surface area (Å²) in [5.41, 5.74) is 0.542. The number of ether oxygens (including phenoxy) is 1. The van der Waals surface area contributed by atoms with Crippen LogP contribution in [0.25, 0.3) is 10.4 Å². The van der Waals surface area contributed by atoms with E-state index in [0.717, 1.165) is 10.4 Å². The normalized spacial score (nSPS) is 10.6. The summed E-state index contributed by atoms with van der Waals surface area (Å²) in [7, 11) is 1.49. The number of aromatic nitrogens is 1. The maximum atomic E-state index is 11.9. The number of aromatic amines is 1. The van der Waals surface area contributed by atoms with Crippen molar-refractivity contribution in [2.45, 2.75) is 19.9 Å². The zero-order valence-corrected chi connectivity index (χ0v) is 12.3. The molecule has 0 saturated carbocycles. The first kappa shape index (κ1) is 14.3.